The van der Waals surface area contributed by atoms with Crippen LogP contribution in [-0.4, -0.2) is 11.9 Å². The van der Waals surface area contributed by atoms with Gasteiger partial charge in [-0.2, -0.15) is 0 Å². The first-order valence-corrected chi connectivity index (χ1v) is 5.19. The maximum atomic E-state index is 11.7. The Kier molecular flexibility index (Phi) is 4.56. The Labute approximate surface area is 96.0 Å². The highest BCUT2D eigenvalue weighted by Crippen LogP contribution is 2.09. The summed E-state index contributed by atoms with van der Waals surface area (Å²) in [6.07, 6.45) is 5.67. The number of benzene rings is 1. The fourth-order valence-electron chi connectivity index (χ4n) is 1.37. The normalized spacial score (nSPS) is 13.6. The molecule has 3 heteroatoms. The number of rotatable bonds is 4. The molecule has 1 rings (SSSR count). The lowest BCUT2D eigenvalue weighted by atomic mass is 10.1. The molecule has 1 aromatic carbocycles. The molecule has 3 nitrogen and oxygen atoms in total. The summed E-state index contributed by atoms with van der Waals surface area (Å²) >= 11 is 0. The summed E-state index contributed by atoms with van der Waals surface area (Å²) in [5.41, 5.74) is 6.62. The fraction of sp³-hybridized carbons (Fsp3) is 0.308. The van der Waals surface area contributed by atoms with Crippen LogP contribution in [-0.2, 0) is 4.79 Å². The molecule has 0 saturated heterocycles. The molecule has 2 atom stereocenters. The van der Waals surface area contributed by atoms with Crippen molar-refractivity contribution < 1.29 is 4.79 Å². The van der Waals surface area contributed by atoms with E-state index in [-0.39, 0.29) is 11.9 Å². The molecule has 3 N–H and O–H groups in total. The zero-order chi connectivity index (χ0) is 12.0. The highest BCUT2D eigenvalue weighted by Gasteiger charge is 2.16. The topological polar surface area (TPSA) is 55.1 Å². The molecular formula is C13H16N2O. The van der Waals surface area contributed by atoms with Crippen LogP contribution in [0.5, 0.6) is 0 Å². The van der Waals surface area contributed by atoms with Crippen molar-refractivity contribution in [2.24, 2.45) is 5.73 Å². The van der Waals surface area contributed by atoms with Gasteiger partial charge in [-0.05, 0) is 12.5 Å². The lowest BCUT2D eigenvalue weighted by Gasteiger charge is -2.16. The number of hydrogen-bond donors (Lipinski definition) is 2. The maximum absolute atomic E-state index is 11.7. The summed E-state index contributed by atoms with van der Waals surface area (Å²) in [5.74, 6) is 2.30. The zero-order valence-corrected chi connectivity index (χ0v) is 9.31. The Bertz CT molecular complexity index is 381. The minimum Gasteiger partial charge on any atom is -0.351 e. The molecular weight excluding hydrogens is 200 g/mol. The molecule has 84 valence electrons. The Morgan fingerprint density at radius 2 is 2.12 bits per heavy atom. The standard InChI is InChI=1S/C13H16N2O/c1-3-7-10(2)15-13(16)12(14)11-8-5-4-6-9-11/h1,4-6,8-10,12H,7,14H2,2H3,(H,15,16). The Morgan fingerprint density at radius 1 is 1.50 bits per heavy atom. The van der Waals surface area contributed by atoms with Gasteiger partial charge in [0.2, 0.25) is 5.91 Å². The van der Waals surface area contributed by atoms with Crippen molar-refractivity contribution in [1.82, 2.24) is 5.32 Å². The van der Waals surface area contributed by atoms with E-state index in [0.717, 1.165) is 5.56 Å². The van der Waals surface area contributed by atoms with Gasteiger partial charge in [-0.25, -0.2) is 0 Å². The van der Waals surface area contributed by atoms with Crippen molar-refractivity contribution in [2.45, 2.75) is 25.4 Å². The van der Waals surface area contributed by atoms with Crippen LogP contribution >= 0.6 is 0 Å². The quantitative estimate of drug-likeness (QED) is 0.743. The van der Waals surface area contributed by atoms with E-state index in [1.165, 1.54) is 0 Å². The highest BCUT2D eigenvalue weighted by molar-refractivity contribution is 5.83. The third-order valence-electron chi connectivity index (χ3n) is 2.25. The molecule has 1 aromatic rings. The molecule has 1 amide bonds. The first-order chi connectivity index (χ1) is 7.65. The van der Waals surface area contributed by atoms with Crippen LogP contribution in [0.3, 0.4) is 0 Å². The van der Waals surface area contributed by atoms with Crippen molar-refractivity contribution in [1.29, 1.82) is 0 Å². The number of carbonyl (C=O) groups excluding carboxylic acids is 1. The van der Waals surface area contributed by atoms with Gasteiger partial charge in [0.25, 0.3) is 0 Å². The third-order valence-corrected chi connectivity index (χ3v) is 2.25. The van der Waals surface area contributed by atoms with Gasteiger partial charge in [-0.15, -0.1) is 12.3 Å². The summed E-state index contributed by atoms with van der Waals surface area (Å²) in [4.78, 5) is 11.7. The second kappa shape index (κ2) is 5.94. The number of nitrogens with one attached hydrogen (secondary N) is 1. The minimum absolute atomic E-state index is 0.0488. The highest BCUT2D eigenvalue weighted by atomic mass is 16.2. The SMILES string of the molecule is C#CCC(C)NC(=O)C(N)c1ccccc1. The fourth-order valence-corrected chi connectivity index (χ4v) is 1.37. The van der Waals surface area contributed by atoms with Crippen LogP contribution in [0.25, 0.3) is 0 Å². The summed E-state index contributed by atoms with van der Waals surface area (Å²) in [7, 11) is 0. The molecule has 0 heterocycles. The van der Waals surface area contributed by atoms with Gasteiger partial charge >= 0.3 is 0 Å². The average molecular weight is 216 g/mol. The molecule has 0 fully saturated rings. The monoisotopic (exact) mass is 216 g/mol. The number of terminal acetylenes is 1. The maximum Gasteiger partial charge on any atom is 0.241 e. The summed E-state index contributed by atoms with van der Waals surface area (Å²) < 4.78 is 0. The average Bonchev–Trinajstić information content (AvgIpc) is 2.29. The van der Waals surface area contributed by atoms with Gasteiger partial charge in [0.1, 0.15) is 6.04 Å². The lowest BCUT2D eigenvalue weighted by molar-refractivity contribution is -0.123. The molecule has 0 aliphatic carbocycles. The first kappa shape index (κ1) is 12.3. The van der Waals surface area contributed by atoms with Crippen LogP contribution in [0, 0.1) is 12.3 Å². The van der Waals surface area contributed by atoms with Gasteiger partial charge in [-0.3, -0.25) is 4.79 Å². The van der Waals surface area contributed by atoms with E-state index in [0.29, 0.717) is 6.42 Å². The molecule has 0 saturated carbocycles. The summed E-state index contributed by atoms with van der Waals surface area (Å²) in [6.45, 7) is 1.86. The van der Waals surface area contributed by atoms with Crippen molar-refractivity contribution in [2.75, 3.05) is 0 Å². The second-order valence-electron chi connectivity index (χ2n) is 3.71. The predicted octanol–water partition coefficient (Wildman–Crippen LogP) is 1.21. The van der Waals surface area contributed by atoms with Crippen LogP contribution in [0.2, 0.25) is 0 Å². The molecule has 2 unspecified atom stereocenters. The van der Waals surface area contributed by atoms with Crippen LogP contribution < -0.4 is 11.1 Å². The molecule has 0 radical (unpaired) electrons. The van der Waals surface area contributed by atoms with Crippen LogP contribution in [0.4, 0.5) is 0 Å². The molecule has 0 aliphatic heterocycles. The Morgan fingerprint density at radius 3 is 2.69 bits per heavy atom. The molecule has 0 aromatic heterocycles. The number of nitrogens with two attached hydrogens (primary N) is 1. The van der Waals surface area contributed by atoms with Gasteiger partial charge in [0.05, 0.1) is 0 Å². The zero-order valence-electron chi connectivity index (χ0n) is 9.31. The van der Waals surface area contributed by atoms with E-state index in [1.54, 1.807) is 0 Å². The largest absolute Gasteiger partial charge is 0.351 e. The molecule has 16 heavy (non-hydrogen) atoms. The lowest BCUT2D eigenvalue weighted by Crippen LogP contribution is -2.39. The van der Waals surface area contributed by atoms with E-state index >= 15 is 0 Å². The number of carbonyl (C=O) groups is 1. The first-order valence-electron chi connectivity index (χ1n) is 5.19. The Hall–Kier alpha value is -1.79. The van der Waals surface area contributed by atoms with Gasteiger partial charge < -0.3 is 11.1 Å². The molecule has 0 bridgehead atoms. The second-order valence-corrected chi connectivity index (χ2v) is 3.71. The van der Waals surface area contributed by atoms with Crippen molar-refractivity contribution in [3.8, 4) is 12.3 Å². The number of amides is 1. The van der Waals surface area contributed by atoms with E-state index in [2.05, 4.69) is 11.2 Å². The van der Waals surface area contributed by atoms with Gasteiger partial charge in [-0.1, -0.05) is 30.3 Å². The van der Waals surface area contributed by atoms with Crippen molar-refractivity contribution in [3.05, 3.63) is 35.9 Å². The van der Waals surface area contributed by atoms with E-state index in [4.69, 9.17) is 12.2 Å². The number of hydrogen-bond acceptors (Lipinski definition) is 2. The predicted molar refractivity (Wildman–Crippen MR) is 64.4 cm³/mol. The minimum atomic E-state index is -0.638. The Balaban J connectivity index is 2.59. The summed E-state index contributed by atoms with van der Waals surface area (Å²) in [5, 5.41) is 2.77. The van der Waals surface area contributed by atoms with Gasteiger partial charge in [0.15, 0.2) is 0 Å². The summed E-state index contributed by atoms with van der Waals surface area (Å²) in [6, 6.07) is 8.57. The van der Waals surface area contributed by atoms with Crippen LogP contribution in [0.1, 0.15) is 24.9 Å². The van der Waals surface area contributed by atoms with E-state index in [1.807, 2.05) is 37.3 Å². The van der Waals surface area contributed by atoms with E-state index < -0.39 is 6.04 Å². The van der Waals surface area contributed by atoms with Gasteiger partial charge in [0, 0.05) is 12.5 Å². The third kappa shape index (κ3) is 3.41. The van der Waals surface area contributed by atoms with Crippen LogP contribution in [0.15, 0.2) is 30.3 Å². The molecule has 0 aliphatic rings. The van der Waals surface area contributed by atoms with Crippen molar-refractivity contribution in [3.63, 3.8) is 0 Å². The smallest absolute Gasteiger partial charge is 0.241 e. The van der Waals surface area contributed by atoms with Crippen molar-refractivity contribution >= 4 is 5.91 Å². The van der Waals surface area contributed by atoms with E-state index in [9.17, 15) is 4.79 Å². The molecule has 0 spiro atoms.